The Balaban J connectivity index is 1.76. The number of halogens is 3. The number of nitrogens with one attached hydrogen (secondary N) is 1. The molecule has 0 bridgehead atoms. The Morgan fingerprint density at radius 2 is 1.86 bits per heavy atom. The van der Waals surface area contributed by atoms with E-state index in [4.69, 9.17) is 4.98 Å². The quantitative estimate of drug-likeness (QED) is 0.527. The van der Waals surface area contributed by atoms with Gasteiger partial charge in [0.05, 0.1) is 10.9 Å². The predicted octanol–water partition coefficient (Wildman–Crippen LogP) is 5.04. The number of fused-ring (bicyclic) bond motifs is 1. The topological polar surface area (TPSA) is 59.4 Å². The number of hydrogen-bond donors (Lipinski definition) is 1. The maximum absolute atomic E-state index is 13.1. The number of hydrogen-bond acceptors (Lipinski definition) is 4. The summed E-state index contributed by atoms with van der Waals surface area (Å²) in [4.78, 5) is 19.5. The zero-order chi connectivity index (χ0) is 27.0. The van der Waals surface area contributed by atoms with Crippen molar-refractivity contribution < 1.29 is 22.7 Å². The molecule has 6 nitrogen and oxygen atoms in total. The van der Waals surface area contributed by atoms with Crippen molar-refractivity contribution in [3.63, 3.8) is 0 Å². The van der Waals surface area contributed by atoms with Crippen LogP contribution in [0.4, 0.5) is 24.8 Å². The van der Waals surface area contributed by atoms with E-state index in [0.717, 1.165) is 24.6 Å². The minimum atomic E-state index is -4.75. The van der Waals surface area contributed by atoms with Gasteiger partial charge < -0.3 is 19.5 Å². The van der Waals surface area contributed by atoms with Crippen LogP contribution in [0.5, 0.6) is 5.75 Å². The van der Waals surface area contributed by atoms with E-state index in [9.17, 15) is 18.0 Å². The predicted molar refractivity (Wildman–Crippen MR) is 137 cm³/mol. The molecule has 4 rings (SSSR count). The molecule has 2 atom stereocenters. The molecule has 0 spiro atoms. The van der Waals surface area contributed by atoms with Crippen LogP contribution in [0.3, 0.4) is 0 Å². The highest BCUT2D eigenvalue weighted by molar-refractivity contribution is 6.01. The molecule has 2 aromatic rings. The third kappa shape index (κ3) is 6.12. The van der Waals surface area contributed by atoms with Crippen LogP contribution in [-0.2, 0) is 4.79 Å². The Hall–Kier alpha value is -3.41. The van der Waals surface area contributed by atoms with Gasteiger partial charge in [-0.1, -0.05) is 26.5 Å². The van der Waals surface area contributed by atoms with E-state index in [1.165, 1.54) is 24.3 Å². The van der Waals surface area contributed by atoms with Crippen LogP contribution in [0.1, 0.15) is 59.9 Å². The number of carbonyl (C=O) groups excluding carboxylic acids is 1. The summed E-state index contributed by atoms with van der Waals surface area (Å²) in [5.41, 5.74) is 7.17. The zero-order valence-electron chi connectivity index (χ0n) is 21.9. The number of likely N-dealkylation sites (N-methyl/N-ethyl adjacent to an activating group) is 1. The van der Waals surface area contributed by atoms with Crippen molar-refractivity contribution in [1.29, 1.82) is 0 Å². The number of amides is 1. The van der Waals surface area contributed by atoms with Gasteiger partial charge in [0, 0.05) is 24.8 Å². The molecule has 0 unspecified atom stereocenters. The molecule has 9 heteroatoms. The summed E-state index contributed by atoms with van der Waals surface area (Å²) in [6.07, 6.45) is 0.0655. The van der Waals surface area contributed by atoms with Crippen LogP contribution in [-0.4, -0.2) is 39.8 Å². The number of alkyl halides is 3. The molecule has 0 aliphatic heterocycles. The number of carbonyl (C=O) groups is 1. The molecular formula is C28H33F3N4O2. The fourth-order valence-electron chi connectivity index (χ4n) is 5.59. The standard InChI is InChI=1S/C28H33F3N4O2/c1-6-34(7-2)25(36)19-8-13-23-24(15-19)35(21-14-18(3)16-27(4,5)17-21)26(33-23)32-20-9-11-22(12-10-20)37-28(29,30)31/h9-12,15,18,21H,6-7,14,16-17H2,1-5H3,(H,32,33)/t18-,21+/m0/s1. The maximum Gasteiger partial charge on any atom is 0.573 e. The molecule has 1 heterocycles. The molecule has 1 amide bonds. The lowest BCUT2D eigenvalue weighted by Gasteiger charge is -2.40. The maximum atomic E-state index is 13.1. The second kappa shape index (κ2) is 10.2. The molecule has 1 N–H and O–H groups in total. The van der Waals surface area contributed by atoms with Gasteiger partial charge in [0.25, 0.3) is 5.91 Å². The first-order chi connectivity index (χ1) is 17.4. The van der Waals surface area contributed by atoms with Crippen LogP contribution in [0.2, 0.25) is 0 Å². The lowest BCUT2D eigenvalue weighted by molar-refractivity contribution is -0.274. The van der Waals surface area contributed by atoms with Gasteiger partial charge in [0.1, 0.15) is 11.1 Å². The van der Waals surface area contributed by atoms with Gasteiger partial charge in [0.2, 0.25) is 5.95 Å². The second-order valence-corrected chi connectivity index (χ2v) is 10.6. The normalized spacial score (nSPS) is 20.3. The number of aromatic nitrogens is 2. The lowest BCUT2D eigenvalue weighted by Crippen LogP contribution is -2.39. The zero-order valence-corrected chi connectivity index (χ0v) is 21.9. The van der Waals surface area contributed by atoms with E-state index >= 15 is 0 Å². The summed E-state index contributed by atoms with van der Waals surface area (Å²) in [5.74, 6) is 0.639. The van der Waals surface area contributed by atoms with E-state index in [2.05, 4.69) is 46.9 Å². The van der Waals surface area contributed by atoms with Gasteiger partial charge in [-0.05, 0) is 80.5 Å². The largest absolute Gasteiger partial charge is 0.573 e. The minimum Gasteiger partial charge on any atom is -0.406 e. The summed E-state index contributed by atoms with van der Waals surface area (Å²) in [6, 6.07) is 5.67. The van der Waals surface area contributed by atoms with Crippen molar-refractivity contribution >= 4 is 29.4 Å². The highest BCUT2D eigenvalue weighted by Crippen LogP contribution is 2.44. The van der Waals surface area contributed by atoms with Gasteiger partial charge in [0.15, 0.2) is 0 Å². The van der Waals surface area contributed by atoms with E-state index in [1.807, 2.05) is 19.9 Å². The molecular weight excluding hydrogens is 481 g/mol. The Morgan fingerprint density at radius 1 is 1.19 bits per heavy atom. The lowest BCUT2D eigenvalue weighted by atomic mass is 9.70. The van der Waals surface area contributed by atoms with Gasteiger partial charge in [-0.2, -0.15) is 0 Å². The first-order valence-electron chi connectivity index (χ1n) is 12.7. The molecule has 37 heavy (non-hydrogen) atoms. The number of imidazole rings is 1. The van der Waals surface area contributed by atoms with Gasteiger partial charge >= 0.3 is 6.36 Å². The number of nitrogens with zero attached hydrogens (tertiary/aromatic N) is 3. The monoisotopic (exact) mass is 514 g/mol. The molecule has 1 aromatic heterocycles. The van der Waals surface area contributed by atoms with Crippen LogP contribution in [0.15, 0.2) is 35.6 Å². The summed E-state index contributed by atoms with van der Waals surface area (Å²) in [7, 11) is 0. The average molecular weight is 515 g/mol. The van der Waals surface area contributed by atoms with Crippen molar-refractivity contribution in [2.24, 2.45) is 11.3 Å². The third-order valence-electron chi connectivity index (χ3n) is 6.90. The highest BCUT2D eigenvalue weighted by atomic mass is 19.4. The molecule has 2 aliphatic carbocycles. The van der Waals surface area contributed by atoms with E-state index in [1.54, 1.807) is 4.90 Å². The number of anilines is 2. The molecule has 198 valence electrons. The van der Waals surface area contributed by atoms with Crippen molar-refractivity contribution in [2.75, 3.05) is 18.4 Å². The fourth-order valence-corrected chi connectivity index (χ4v) is 5.59. The molecule has 0 radical (unpaired) electrons. The third-order valence-corrected chi connectivity index (χ3v) is 6.90. The van der Waals surface area contributed by atoms with Crippen LogP contribution >= 0.6 is 0 Å². The van der Waals surface area contributed by atoms with E-state index < -0.39 is 6.36 Å². The molecule has 2 aliphatic rings. The fraction of sp³-hybridized carbons (Fsp3) is 0.500. The number of ether oxygens (including phenoxy) is 1. The smallest absolute Gasteiger partial charge is 0.406 e. The van der Waals surface area contributed by atoms with Crippen LogP contribution in [0, 0.1) is 11.3 Å². The second-order valence-electron chi connectivity index (χ2n) is 10.6. The van der Waals surface area contributed by atoms with Crippen LogP contribution < -0.4 is 20.8 Å². The van der Waals surface area contributed by atoms with Crippen molar-refractivity contribution in [1.82, 2.24) is 14.5 Å². The Kier molecular flexibility index (Phi) is 7.31. The number of benzene rings is 1. The minimum absolute atomic E-state index is 0.108. The van der Waals surface area contributed by atoms with Crippen LogP contribution in [0.25, 0.3) is 11.8 Å². The molecule has 1 fully saturated rings. The van der Waals surface area contributed by atoms with E-state index in [-0.39, 0.29) is 23.1 Å². The first kappa shape index (κ1) is 26.6. The van der Waals surface area contributed by atoms with Crippen molar-refractivity contribution in [2.45, 2.75) is 66.3 Å². The average Bonchev–Trinajstić information content (AvgIpc) is 3.15. The van der Waals surface area contributed by atoms with Crippen molar-refractivity contribution in [3.8, 4) is 5.75 Å². The highest BCUT2D eigenvalue weighted by Gasteiger charge is 2.35. The van der Waals surface area contributed by atoms with Gasteiger partial charge in [-0.15, -0.1) is 13.2 Å². The van der Waals surface area contributed by atoms with Gasteiger partial charge in [-0.25, -0.2) is 4.98 Å². The number of rotatable bonds is 7. The summed E-state index contributed by atoms with van der Waals surface area (Å²) >= 11 is 0. The summed E-state index contributed by atoms with van der Waals surface area (Å²) in [6.45, 7) is 11.8. The van der Waals surface area contributed by atoms with Crippen molar-refractivity contribution in [3.05, 3.63) is 46.3 Å². The van der Waals surface area contributed by atoms with Gasteiger partial charge in [-0.3, -0.25) is 4.79 Å². The Bertz CT molecular complexity index is 1360. The molecule has 1 aromatic carbocycles. The summed E-state index contributed by atoms with van der Waals surface area (Å²) < 4.78 is 43.8. The summed E-state index contributed by atoms with van der Waals surface area (Å²) in [5, 5.41) is 4.63. The van der Waals surface area contributed by atoms with E-state index in [0.29, 0.717) is 41.6 Å². The molecule has 1 saturated carbocycles. The SMILES string of the molecule is CCN(CC)C(=O)C1=C=C=c2nc(Nc3ccc(OC(F)(F)F)cc3)n([C@@H]3C[C@H](C)CC(C)(C)C3)c2=C1. The molecule has 0 saturated heterocycles. The first-order valence-corrected chi connectivity index (χ1v) is 12.7. The Morgan fingerprint density at radius 3 is 2.46 bits per heavy atom. The Labute approximate surface area is 214 Å².